The topological polar surface area (TPSA) is 64.1 Å². The summed E-state index contributed by atoms with van der Waals surface area (Å²) in [4.78, 5) is 0. The van der Waals surface area contributed by atoms with Gasteiger partial charge in [0.1, 0.15) is 0 Å². The lowest BCUT2D eigenvalue weighted by atomic mass is 9.98. The Morgan fingerprint density at radius 1 is 1.47 bits per heavy atom. The van der Waals surface area contributed by atoms with Gasteiger partial charge in [0.05, 0.1) is 17.8 Å². The van der Waals surface area contributed by atoms with Gasteiger partial charge in [-0.1, -0.05) is 6.92 Å². The first-order valence-electron chi connectivity index (χ1n) is 6.47. The fourth-order valence-electron chi connectivity index (χ4n) is 2.64. The van der Waals surface area contributed by atoms with E-state index in [0.717, 1.165) is 30.7 Å². The fraction of sp³-hybridized carbons (Fsp3) is 0.769. The number of nitrogens with zero attached hydrogens (tertiary/aromatic N) is 2. The molecule has 17 heavy (non-hydrogen) atoms. The van der Waals surface area contributed by atoms with E-state index in [9.17, 15) is 5.11 Å². The minimum atomic E-state index is -0.770. The van der Waals surface area contributed by atoms with E-state index in [-0.39, 0.29) is 0 Å². The van der Waals surface area contributed by atoms with Crippen molar-refractivity contribution in [2.45, 2.75) is 52.2 Å². The van der Waals surface area contributed by atoms with Crippen LogP contribution in [0.15, 0.2) is 0 Å². The minimum absolute atomic E-state index is 0.317. The lowest BCUT2D eigenvalue weighted by molar-refractivity contribution is 0.00565. The highest BCUT2D eigenvalue weighted by molar-refractivity contribution is 5.24. The SMILES string of the molecule is CCc1c(C)nn(CC(O)(CN)C2CC2)c1C. The molecule has 0 bridgehead atoms. The Hall–Kier alpha value is -0.870. The van der Waals surface area contributed by atoms with Crippen LogP contribution in [0.4, 0.5) is 0 Å². The van der Waals surface area contributed by atoms with E-state index in [1.54, 1.807) is 0 Å². The zero-order chi connectivity index (χ0) is 12.6. The highest BCUT2D eigenvalue weighted by Gasteiger charge is 2.43. The lowest BCUT2D eigenvalue weighted by Crippen LogP contribution is -2.44. The standard InChI is InChI=1S/C13H23N3O/c1-4-12-9(2)15-16(10(12)3)8-13(17,7-14)11-5-6-11/h11,17H,4-8,14H2,1-3H3. The van der Waals surface area contributed by atoms with Crippen LogP contribution < -0.4 is 5.73 Å². The normalized spacial score (nSPS) is 19.4. The van der Waals surface area contributed by atoms with Crippen molar-refractivity contribution in [1.82, 2.24) is 9.78 Å². The molecule has 1 saturated carbocycles. The van der Waals surface area contributed by atoms with Gasteiger partial charge in [-0.05, 0) is 44.6 Å². The van der Waals surface area contributed by atoms with Crippen LogP contribution in [0.3, 0.4) is 0 Å². The summed E-state index contributed by atoms with van der Waals surface area (Å²) in [6.45, 7) is 7.08. The van der Waals surface area contributed by atoms with Crippen LogP contribution in [0.1, 0.15) is 36.7 Å². The third-order valence-electron chi connectivity index (χ3n) is 4.00. The van der Waals surface area contributed by atoms with Gasteiger partial charge in [-0.15, -0.1) is 0 Å². The summed E-state index contributed by atoms with van der Waals surface area (Å²) in [6, 6.07) is 0. The molecule has 4 heteroatoms. The van der Waals surface area contributed by atoms with Gasteiger partial charge in [0.25, 0.3) is 0 Å². The van der Waals surface area contributed by atoms with E-state index in [0.29, 0.717) is 19.0 Å². The second kappa shape index (κ2) is 4.42. The van der Waals surface area contributed by atoms with Crippen molar-refractivity contribution >= 4 is 0 Å². The van der Waals surface area contributed by atoms with E-state index in [1.807, 2.05) is 11.6 Å². The molecule has 1 aromatic heterocycles. The van der Waals surface area contributed by atoms with Crippen LogP contribution in [-0.2, 0) is 13.0 Å². The Morgan fingerprint density at radius 3 is 2.53 bits per heavy atom. The molecular formula is C13H23N3O. The molecule has 0 radical (unpaired) electrons. The van der Waals surface area contributed by atoms with E-state index in [4.69, 9.17) is 5.73 Å². The van der Waals surface area contributed by atoms with Crippen molar-refractivity contribution in [3.63, 3.8) is 0 Å². The molecule has 2 rings (SSSR count). The van der Waals surface area contributed by atoms with Gasteiger partial charge in [-0.3, -0.25) is 4.68 Å². The van der Waals surface area contributed by atoms with Crippen molar-refractivity contribution in [3.8, 4) is 0 Å². The van der Waals surface area contributed by atoms with Crippen molar-refractivity contribution < 1.29 is 5.11 Å². The van der Waals surface area contributed by atoms with Gasteiger partial charge >= 0.3 is 0 Å². The zero-order valence-corrected chi connectivity index (χ0v) is 11.0. The molecule has 1 unspecified atom stereocenters. The molecule has 1 fully saturated rings. The Labute approximate surface area is 103 Å². The highest BCUT2D eigenvalue weighted by atomic mass is 16.3. The van der Waals surface area contributed by atoms with E-state index < -0.39 is 5.60 Å². The minimum Gasteiger partial charge on any atom is -0.386 e. The predicted molar refractivity (Wildman–Crippen MR) is 67.8 cm³/mol. The maximum Gasteiger partial charge on any atom is 0.0992 e. The van der Waals surface area contributed by atoms with Crippen molar-refractivity contribution in [2.24, 2.45) is 11.7 Å². The molecule has 1 aliphatic rings. The first kappa shape index (κ1) is 12.6. The van der Waals surface area contributed by atoms with Gasteiger partial charge in [0, 0.05) is 12.2 Å². The number of aliphatic hydroxyl groups is 1. The van der Waals surface area contributed by atoms with Gasteiger partial charge < -0.3 is 10.8 Å². The van der Waals surface area contributed by atoms with Crippen molar-refractivity contribution in [1.29, 1.82) is 0 Å². The van der Waals surface area contributed by atoms with Gasteiger partial charge in [0.2, 0.25) is 0 Å². The molecule has 0 aromatic carbocycles. The molecule has 4 nitrogen and oxygen atoms in total. The first-order chi connectivity index (χ1) is 8.01. The number of hydrogen-bond acceptors (Lipinski definition) is 3. The van der Waals surface area contributed by atoms with Gasteiger partial charge in [0.15, 0.2) is 0 Å². The molecule has 1 aliphatic carbocycles. The summed E-state index contributed by atoms with van der Waals surface area (Å²) >= 11 is 0. The molecular weight excluding hydrogens is 214 g/mol. The molecule has 3 N–H and O–H groups in total. The number of aryl methyl sites for hydroxylation is 1. The maximum absolute atomic E-state index is 10.5. The van der Waals surface area contributed by atoms with Crippen LogP contribution in [0.5, 0.6) is 0 Å². The maximum atomic E-state index is 10.5. The van der Waals surface area contributed by atoms with Gasteiger partial charge in [-0.2, -0.15) is 5.10 Å². The van der Waals surface area contributed by atoms with Crippen LogP contribution >= 0.6 is 0 Å². The van der Waals surface area contributed by atoms with E-state index in [2.05, 4.69) is 18.9 Å². The molecule has 0 aliphatic heterocycles. The molecule has 0 spiro atoms. The molecule has 0 amide bonds. The first-order valence-corrected chi connectivity index (χ1v) is 6.47. The average Bonchev–Trinajstić information content (AvgIpc) is 3.09. The molecule has 1 heterocycles. The number of nitrogens with two attached hydrogens (primary N) is 1. The molecule has 0 saturated heterocycles. The molecule has 1 atom stereocenters. The highest BCUT2D eigenvalue weighted by Crippen LogP contribution is 2.40. The lowest BCUT2D eigenvalue weighted by Gasteiger charge is -2.27. The Morgan fingerprint density at radius 2 is 2.12 bits per heavy atom. The monoisotopic (exact) mass is 237 g/mol. The third-order valence-corrected chi connectivity index (χ3v) is 4.00. The summed E-state index contributed by atoms with van der Waals surface area (Å²) in [5, 5.41) is 15.0. The summed E-state index contributed by atoms with van der Waals surface area (Å²) in [7, 11) is 0. The Bertz CT molecular complexity index is 409. The molecule has 96 valence electrons. The fourth-order valence-corrected chi connectivity index (χ4v) is 2.64. The summed E-state index contributed by atoms with van der Waals surface area (Å²) in [6.07, 6.45) is 3.17. The average molecular weight is 237 g/mol. The van der Waals surface area contributed by atoms with Crippen LogP contribution in [0.2, 0.25) is 0 Å². The third kappa shape index (κ3) is 2.24. The van der Waals surface area contributed by atoms with Gasteiger partial charge in [-0.25, -0.2) is 0 Å². The quantitative estimate of drug-likeness (QED) is 0.808. The van der Waals surface area contributed by atoms with Crippen molar-refractivity contribution in [3.05, 3.63) is 17.0 Å². The van der Waals surface area contributed by atoms with Crippen molar-refractivity contribution in [2.75, 3.05) is 6.54 Å². The summed E-state index contributed by atoms with van der Waals surface area (Å²) in [5.41, 5.74) is 8.49. The predicted octanol–water partition coefficient (Wildman–Crippen LogP) is 1.16. The second-order valence-corrected chi connectivity index (χ2v) is 5.24. The van der Waals surface area contributed by atoms with Crippen LogP contribution in [0, 0.1) is 19.8 Å². The van der Waals surface area contributed by atoms with E-state index >= 15 is 0 Å². The Kier molecular flexibility index (Phi) is 3.27. The number of hydrogen-bond donors (Lipinski definition) is 2. The Balaban J connectivity index is 2.23. The largest absolute Gasteiger partial charge is 0.386 e. The summed E-state index contributed by atoms with van der Waals surface area (Å²) in [5.74, 6) is 0.362. The van der Waals surface area contributed by atoms with Crippen LogP contribution in [-0.4, -0.2) is 27.0 Å². The van der Waals surface area contributed by atoms with Crippen LogP contribution in [0.25, 0.3) is 0 Å². The zero-order valence-electron chi connectivity index (χ0n) is 11.0. The second-order valence-electron chi connectivity index (χ2n) is 5.24. The smallest absolute Gasteiger partial charge is 0.0992 e. The number of aromatic nitrogens is 2. The summed E-state index contributed by atoms with van der Waals surface area (Å²) < 4.78 is 1.93. The number of rotatable bonds is 5. The van der Waals surface area contributed by atoms with E-state index in [1.165, 1.54) is 5.56 Å². The molecule has 1 aromatic rings.